The van der Waals surface area contributed by atoms with Crippen LogP contribution >= 0.6 is 0 Å². The molecule has 1 aromatic carbocycles. The maximum atomic E-state index is 5.17. The fraction of sp³-hybridized carbons (Fsp3) is 0.353. The molecule has 106 valence electrons. The van der Waals surface area contributed by atoms with E-state index in [-0.39, 0.29) is 0 Å². The summed E-state index contributed by atoms with van der Waals surface area (Å²) in [7, 11) is 1.69. The van der Waals surface area contributed by atoms with E-state index in [1.54, 1.807) is 13.3 Å². The molecule has 0 fully saturated rings. The SMILES string of the molecule is COc1ccc(CC(C)N[C@@H](C)c2cccnc2)cc1. The molecule has 0 aliphatic rings. The molecule has 0 aliphatic carbocycles. The number of ether oxygens (including phenoxy) is 1. The Morgan fingerprint density at radius 1 is 1.15 bits per heavy atom. The first kappa shape index (κ1) is 14.5. The van der Waals surface area contributed by atoms with Gasteiger partial charge in [-0.05, 0) is 49.6 Å². The highest BCUT2D eigenvalue weighted by Crippen LogP contribution is 2.15. The minimum Gasteiger partial charge on any atom is -0.497 e. The van der Waals surface area contributed by atoms with Crippen LogP contribution in [0.15, 0.2) is 48.8 Å². The van der Waals surface area contributed by atoms with Crippen LogP contribution in [0, 0.1) is 0 Å². The summed E-state index contributed by atoms with van der Waals surface area (Å²) in [4.78, 5) is 4.16. The van der Waals surface area contributed by atoms with Crippen molar-refractivity contribution in [2.75, 3.05) is 7.11 Å². The molecule has 0 amide bonds. The molecule has 3 nitrogen and oxygen atoms in total. The summed E-state index contributed by atoms with van der Waals surface area (Å²) >= 11 is 0. The fourth-order valence-electron chi connectivity index (χ4n) is 2.33. The molecule has 0 spiro atoms. The molecule has 0 radical (unpaired) electrons. The van der Waals surface area contributed by atoms with Crippen LogP contribution < -0.4 is 10.1 Å². The summed E-state index contributed by atoms with van der Waals surface area (Å²) in [5, 5.41) is 3.60. The Labute approximate surface area is 121 Å². The molecular weight excluding hydrogens is 248 g/mol. The van der Waals surface area contributed by atoms with E-state index in [9.17, 15) is 0 Å². The number of methoxy groups -OCH3 is 1. The van der Waals surface area contributed by atoms with E-state index in [2.05, 4.69) is 42.3 Å². The standard InChI is InChI=1S/C17H22N2O/c1-13(11-15-6-8-17(20-3)9-7-15)19-14(2)16-5-4-10-18-12-16/h4-10,12-14,19H,11H2,1-3H3/t13?,14-/m0/s1. The van der Waals surface area contributed by atoms with Gasteiger partial charge in [-0.3, -0.25) is 4.98 Å². The van der Waals surface area contributed by atoms with Crippen LogP contribution in [0.1, 0.15) is 31.0 Å². The average molecular weight is 270 g/mol. The number of pyridine rings is 1. The van der Waals surface area contributed by atoms with Crippen molar-refractivity contribution in [1.82, 2.24) is 10.3 Å². The first-order valence-corrected chi connectivity index (χ1v) is 6.98. The van der Waals surface area contributed by atoms with Crippen molar-refractivity contribution in [1.29, 1.82) is 0 Å². The fourth-order valence-corrected chi connectivity index (χ4v) is 2.33. The Hall–Kier alpha value is -1.87. The first-order chi connectivity index (χ1) is 9.69. The second-order valence-electron chi connectivity index (χ2n) is 5.13. The second-order valence-corrected chi connectivity index (χ2v) is 5.13. The summed E-state index contributed by atoms with van der Waals surface area (Å²) in [6.07, 6.45) is 4.71. The van der Waals surface area contributed by atoms with Crippen LogP contribution in [-0.2, 0) is 6.42 Å². The number of aromatic nitrogens is 1. The maximum Gasteiger partial charge on any atom is 0.118 e. The smallest absolute Gasteiger partial charge is 0.118 e. The van der Waals surface area contributed by atoms with Gasteiger partial charge in [0, 0.05) is 24.5 Å². The molecule has 0 saturated carbocycles. The van der Waals surface area contributed by atoms with Gasteiger partial charge < -0.3 is 10.1 Å². The molecule has 0 bridgehead atoms. The summed E-state index contributed by atoms with van der Waals surface area (Å²) in [5.41, 5.74) is 2.53. The minimum absolute atomic E-state index is 0.303. The third-order valence-corrected chi connectivity index (χ3v) is 3.42. The third-order valence-electron chi connectivity index (χ3n) is 3.42. The summed E-state index contributed by atoms with van der Waals surface area (Å²) < 4.78 is 5.17. The van der Waals surface area contributed by atoms with Gasteiger partial charge in [0.2, 0.25) is 0 Å². The van der Waals surface area contributed by atoms with Gasteiger partial charge in [-0.1, -0.05) is 18.2 Å². The number of nitrogens with one attached hydrogen (secondary N) is 1. The second kappa shape index (κ2) is 7.06. The van der Waals surface area contributed by atoms with E-state index < -0.39 is 0 Å². The van der Waals surface area contributed by atoms with Gasteiger partial charge in [0.05, 0.1) is 7.11 Å². The van der Waals surface area contributed by atoms with Gasteiger partial charge in [-0.15, -0.1) is 0 Å². The number of hydrogen-bond donors (Lipinski definition) is 1. The number of benzene rings is 1. The summed E-state index contributed by atoms with van der Waals surface area (Å²) in [6, 6.07) is 13.0. The number of hydrogen-bond acceptors (Lipinski definition) is 3. The molecule has 0 saturated heterocycles. The lowest BCUT2D eigenvalue weighted by Gasteiger charge is -2.20. The van der Waals surface area contributed by atoms with E-state index in [0.29, 0.717) is 12.1 Å². The molecule has 1 N–H and O–H groups in total. The highest BCUT2D eigenvalue weighted by Gasteiger charge is 2.10. The predicted molar refractivity (Wildman–Crippen MR) is 81.9 cm³/mol. The lowest BCUT2D eigenvalue weighted by Crippen LogP contribution is -2.30. The van der Waals surface area contributed by atoms with Crippen molar-refractivity contribution >= 4 is 0 Å². The van der Waals surface area contributed by atoms with Crippen LogP contribution in [0.5, 0.6) is 5.75 Å². The molecule has 0 aliphatic heterocycles. The lowest BCUT2D eigenvalue weighted by molar-refractivity contribution is 0.414. The number of rotatable bonds is 6. The van der Waals surface area contributed by atoms with Crippen LogP contribution in [0.3, 0.4) is 0 Å². The molecule has 2 atom stereocenters. The van der Waals surface area contributed by atoms with Gasteiger partial charge >= 0.3 is 0 Å². The zero-order valence-corrected chi connectivity index (χ0v) is 12.3. The Balaban J connectivity index is 1.90. The Kier molecular flexibility index (Phi) is 5.13. The zero-order chi connectivity index (χ0) is 14.4. The Morgan fingerprint density at radius 2 is 1.90 bits per heavy atom. The summed E-state index contributed by atoms with van der Waals surface area (Å²) in [6.45, 7) is 4.37. The molecule has 3 heteroatoms. The van der Waals surface area contributed by atoms with Crippen molar-refractivity contribution in [3.05, 3.63) is 59.9 Å². The highest BCUT2D eigenvalue weighted by atomic mass is 16.5. The molecule has 2 aromatic rings. The van der Waals surface area contributed by atoms with E-state index in [4.69, 9.17) is 4.74 Å². The Morgan fingerprint density at radius 3 is 2.50 bits per heavy atom. The minimum atomic E-state index is 0.303. The monoisotopic (exact) mass is 270 g/mol. The predicted octanol–water partition coefficient (Wildman–Crippen LogP) is 3.37. The van der Waals surface area contributed by atoms with Gasteiger partial charge in [0.25, 0.3) is 0 Å². The van der Waals surface area contributed by atoms with Crippen molar-refractivity contribution in [3.63, 3.8) is 0 Å². The van der Waals surface area contributed by atoms with Gasteiger partial charge in [-0.2, -0.15) is 0 Å². The largest absolute Gasteiger partial charge is 0.497 e. The van der Waals surface area contributed by atoms with Crippen molar-refractivity contribution < 1.29 is 4.74 Å². The van der Waals surface area contributed by atoms with Crippen molar-refractivity contribution in [2.24, 2.45) is 0 Å². The summed E-state index contributed by atoms with van der Waals surface area (Å²) in [5.74, 6) is 0.901. The molecule has 1 unspecified atom stereocenters. The van der Waals surface area contributed by atoms with Crippen LogP contribution in [0.25, 0.3) is 0 Å². The normalized spacial score (nSPS) is 13.8. The first-order valence-electron chi connectivity index (χ1n) is 6.98. The van der Waals surface area contributed by atoms with Gasteiger partial charge in [0.1, 0.15) is 5.75 Å². The Bertz CT molecular complexity index is 510. The van der Waals surface area contributed by atoms with E-state index in [1.165, 1.54) is 11.1 Å². The molecule has 2 rings (SSSR count). The van der Waals surface area contributed by atoms with Crippen LogP contribution in [0.2, 0.25) is 0 Å². The van der Waals surface area contributed by atoms with Crippen molar-refractivity contribution in [3.8, 4) is 5.75 Å². The quantitative estimate of drug-likeness (QED) is 0.874. The van der Waals surface area contributed by atoms with Gasteiger partial charge in [-0.25, -0.2) is 0 Å². The maximum absolute atomic E-state index is 5.17. The van der Waals surface area contributed by atoms with Crippen molar-refractivity contribution in [2.45, 2.75) is 32.4 Å². The average Bonchev–Trinajstić information content (AvgIpc) is 2.49. The highest BCUT2D eigenvalue weighted by molar-refractivity contribution is 5.27. The molecule has 20 heavy (non-hydrogen) atoms. The molecule has 1 heterocycles. The van der Waals surface area contributed by atoms with Crippen LogP contribution in [-0.4, -0.2) is 18.1 Å². The number of nitrogens with zero attached hydrogens (tertiary/aromatic N) is 1. The van der Waals surface area contributed by atoms with E-state index >= 15 is 0 Å². The molecule has 1 aromatic heterocycles. The van der Waals surface area contributed by atoms with Crippen LogP contribution in [0.4, 0.5) is 0 Å². The zero-order valence-electron chi connectivity index (χ0n) is 12.3. The van der Waals surface area contributed by atoms with E-state index in [1.807, 2.05) is 24.4 Å². The van der Waals surface area contributed by atoms with Gasteiger partial charge in [0.15, 0.2) is 0 Å². The van der Waals surface area contributed by atoms with E-state index in [0.717, 1.165) is 12.2 Å². The lowest BCUT2D eigenvalue weighted by atomic mass is 10.0. The topological polar surface area (TPSA) is 34.1 Å². The molecular formula is C17H22N2O. The third kappa shape index (κ3) is 4.07.